The largest absolute Gasteiger partial charge is 0.462 e. The van der Waals surface area contributed by atoms with E-state index in [2.05, 4.69) is 19.1 Å². The van der Waals surface area contributed by atoms with Crippen molar-refractivity contribution in [2.75, 3.05) is 13.2 Å². The Morgan fingerprint density at radius 2 is 1.18 bits per heavy atom. The summed E-state index contributed by atoms with van der Waals surface area (Å²) >= 11 is 0. The zero-order valence-corrected chi connectivity index (χ0v) is 21.7. The Balaban J connectivity index is 3.38. The van der Waals surface area contributed by atoms with E-state index in [-0.39, 0.29) is 31.6 Å². The van der Waals surface area contributed by atoms with E-state index in [1.54, 1.807) is 6.92 Å². The van der Waals surface area contributed by atoms with E-state index in [1.165, 1.54) is 89.9 Å². The van der Waals surface area contributed by atoms with Crippen molar-refractivity contribution in [1.82, 2.24) is 0 Å². The van der Waals surface area contributed by atoms with Gasteiger partial charge < -0.3 is 14.6 Å². The van der Waals surface area contributed by atoms with Crippen LogP contribution >= 0.6 is 0 Å². The van der Waals surface area contributed by atoms with E-state index in [0.717, 1.165) is 19.3 Å². The fraction of sp³-hybridized carbons (Fsp3) is 0.857. The molecule has 0 aliphatic carbocycles. The Hall–Kier alpha value is -1.36. The van der Waals surface area contributed by atoms with Crippen molar-refractivity contribution in [1.29, 1.82) is 0 Å². The minimum absolute atomic E-state index is 0.0790. The van der Waals surface area contributed by atoms with Crippen LogP contribution < -0.4 is 0 Å². The van der Waals surface area contributed by atoms with Gasteiger partial charge in [-0.05, 0) is 32.1 Å². The fourth-order valence-electron chi connectivity index (χ4n) is 3.70. The molecule has 0 heterocycles. The maximum Gasteiger partial charge on any atom is 0.306 e. The Bertz CT molecular complexity index is 475. The highest BCUT2D eigenvalue weighted by Crippen LogP contribution is 2.13. The number of carbonyl (C=O) groups is 2. The van der Waals surface area contributed by atoms with Crippen LogP contribution in [0.1, 0.15) is 136 Å². The molecule has 0 fully saturated rings. The van der Waals surface area contributed by atoms with Crippen LogP contribution in [0, 0.1) is 0 Å². The van der Waals surface area contributed by atoms with Gasteiger partial charge in [0.2, 0.25) is 0 Å². The molecule has 0 aromatic carbocycles. The van der Waals surface area contributed by atoms with Crippen molar-refractivity contribution in [2.45, 2.75) is 142 Å². The van der Waals surface area contributed by atoms with Crippen LogP contribution in [0.4, 0.5) is 0 Å². The van der Waals surface area contributed by atoms with Crippen LogP contribution in [0.2, 0.25) is 0 Å². The third-order valence-corrected chi connectivity index (χ3v) is 5.86. The van der Waals surface area contributed by atoms with Crippen molar-refractivity contribution in [3.63, 3.8) is 0 Å². The van der Waals surface area contributed by atoms with Gasteiger partial charge >= 0.3 is 11.9 Å². The molecule has 1 atom stereocenters. The van der Waals surface area contributed by atoms with Crippen molar-refractivity contribution in [2.24, 2.45) is 0 Å². The number of unbranched alkanes of at least 4 members (excludes halogenated alkanes) is 15. The summed E-state index contributed by atoms with van der Waals surface area (Å²) in [6.07, 6.45) is 26.1. The van der Waals surface area contributed by atoms with Crippen LogP contribution in [-0.4, -0.2) is 36.4 Å². The van der Waals surface area contributed by atoms with Gasteiger partial charge in [-0.25, -0.2) is 0 Å². The number of hydrogen-bond acceptors (Lipinski definition) is 5. The summed E-state index contributed by atoms with van der Waals surface area (Å²) in [6, 6.07) is 0. The van der Waals surface area contributed by atoms with Crippen LogP contribution in [0.3, 0.4) is 0 Å². The molecule has 0 saturated heterocycles. The van der Waals surface area contributed by atoms with Gasteiger partial charge in [-0.2, -0.15) is 0 Å². The maximum atomic E-state index is 11.8. The van der Waals surface area contributed by atoms with E-state index in [4.69, 9.17) is 9.47 Å². The molecule has 0 rings (SSSR count). The van der Waals surface area contributed by atoms with E-state index in [9.17, 15) is 14.7 Å². The summed E-state index contributed by atoms with van der Waals surface area (Å²) in [6.45, 7) is 3.55. The van der Waals surface area contributed by atoms with E-state index < -0.39 is 6.10 Å². The predicted octanol–water partition coefficient (Wildman–Crippen LogP) is 7.44. The maximum absolute atomic E-state index is 11.8. The van der Waals surface area contributed by atoms with Crippen molar-refractivity contribution < 1.29 is 24.2 Å². The van der Waals surface area contributed by atoms with Crippen LogP contribution in [0.25, 0.3) is 0 Å². The predicted molar refractivity (Wildman–Crippen MR) is 136 cm³/mol. The first kappa shape index (κ1) is 31.6. The molecule has 1 unspecified atom stereocenters. The zero-order valence-electron chi connectivity index (χ0n) is 21.7. The molecule has 0 aliphatic rings. The molecule has 0 aliphatic heterocycles. The lowest BCUT2D eigenvalue weighted by atomic mass is 10.1. The molecule has 0 bridgehead atoms. The number of aliphatic hydroxyl groups excluding tert-OH is 1. The second kappa shape index (κ2) is 25.3. The number of ether oxygens (including phenoxy) is 2. The molecule has 194 valence electrons. The van der Waals surface area contributed by atoms with E-state index in [1.807, 2.05) is 0 Å². The number of allylic oxidation sites excluding steroid dienone is 2. The number of hydrogen-bond donors (Lipinski definition) is 1. The molecule has 0 amide bonds. The first-order valence-corrected chi connectivity index (χ1v) is 13.7. The van der Waals surface area contributed by atoms with Crippen molar-refractivity contribution in [3.05, 3.63) is 12.2 Å². The van der Waals surface area contributed by atoms with Crippen LogP contribution in [0.15, 0.2) is 12.2 Å². The number of rotatable bonds is 24. The number of esters is 2. The van der Waals surface area contributed by atoms with Gasteiger partial charge in [0, 0.05) is 12.8 Å². The molecule has 0 aromatic rings. The first-order chi connectivity index (χ1) is 16.1. The zero-order chi connectivity index (χ0) is 24.4. The van der Waals surface area contributed by atoms with Crippen LogP contribution in [0.5, 0.6) is 0 Å². The summed E-state index contributed by atoms with van der Waals surface area (Å²) < 4.78 is 10.1. The third-order valence-electron chi connectivity index (χ3n) is 5.86. The first-order valence-electron chi connectivity index (χ1n) is 13.7. The highest BCUT2D eigenvalue weighted by Gasteiger charge is 2.15. The number of aliphatic hydroxyl groups is 1. The standard InChI is InChI=1S/C28H52O5/c1-3-5-6-7-8-9-10-11-12-13-14-15-16-17-18-19-20-21-22-23-28(31)33-26(24-29)25-32-27(30)4-2/h11-12,26,29H,3-10,13-25H2,1-2H3. The minimum Gasteiger partial charge on any atom is -0.462 e. The van der Waals surface area contributed by atoms with Gasteiger partial charge in [-0.1, -0.05) is 103 Å². The Labute approximate surface area is 203 Å². The van der Waals surface area contributed by atoms with Crippen LogP contribution in [-0.2, 0) is 19.1 Å². The quantitative estimate of drug-likeness (QED) is 0.0905. The van der Waals surface area contributed by atoms with Gasteiger partial charge in [0.05, 0.1) is 6.61 Å². The second-order valence-corrected chi connectivity index (χ2v) is 9.08. The molecule has 1 N–H and O–H groups in total. The minimum atomic E-state index is -0.760. The summed E-state index contributed by atoms with van der Waals surface area (Å²) in [5.74, 6) is -0.692. The summed E-state index contributed by atoms with van der Waals surface area (Å²) in [5, 5.41) is 9.22. The molecule has 0 aromatic heterocycles. The lowest BCUT2D eigenvalue weighted by Gasteiger charge is -2.15. The Kier molecular flexibility index (Phi) is 24.2. The lowest BCUT2D eigenvalue weighted by Crippen LogP contribution is -2.28. The van der Waals surface area contributed by atoms with E-state index in [0.29, 0.717) is 6.42 Å². The average molecular weight is 469 g/mol. The molecule has 33 heavy (non-hydrogen) atoms. The molecule has 0 radical (unpaired) electrons. The molecule has 5 nitrogen and oxygen atoms in total. The van der Waals surface area contributed by atoms with Gasteiger partial charge in [-0.15, -0.1) is 0 Å². The van der Waals surface area contributed by atoms with Gasteiger partial charge in [0.15, 0.2) is 6.10 Å². The Morgan fingerprint density at radius 3 is 1.67 bits per heavy atom. The van der Waals surface area contributed by atoms with Gasteiger partial charge in [-0.3, -0.25) is 9.59 Å². The molecular weight excluding hydrogens is 416 g/mol. The topological polar surface area (TPSA) is 72.8 Å². The van der Waals surface area contributed by atoms with E-state index >= 15 is 0 Å². The van der Waals surface area contributed by atoms with Gasteiger partial charge in [0.25, 0.3) is 0 Å². The smallest absolute Gasteiger partial charge is 0.306 e. The highest BCUT2D eigenvalue weighted by atomic mass is 16.6. The molecule has 0 spiro atoms. The second-order valence-electron chi connectivity index (χ2n) is 9.08. The lowest BCUT2D eigenvalue weighted by molar-refractivity contribution is -0.161. The van der Waals surface area contributed by atoms with Gasteiger partial charge in [0.1, 0.15) is 6.61 Å². The fourth-order valence-corrected chi connectivity index (χ4v) is 3.70. The highest BCUT2D eigenvalue weighted by molar-refractivity contribution is 5.70. The third kappa shape index (κ3) is 23.6. The monoisotopic (exact) mass is 468 g/mol. The molecule has 0 saturated carbocycles. The SMILES string of the molecule is CCCCCCCCC=CCCCCCCCCCCCC(=O)OC(CO)COC(=O)CC. The Morgan fingerprint density at radius 1 is 0.697 bits per heavy atom. The molecular formula is C28H52O5. The summed E-state index contributed by atoms with van der Waals surface area (Å²) in [7, 11) is 0. The summed E-state index contributed by atoms with van der Waals surface area (Å²) in [4.78, 5) is 23.0. The normalized spacial score (nSPS) is 12.2. The molecule has 5 heteroatoms. The summed E-state index contributed by atoms with van der Waals surface area (Å²) in [5.41, 5.74) is 0. The van der Waals surface area contributed by atoms with Crippen molar-refractivity contribution >= 4 is 11.9 Å². The number of carbonyl (C=O) groups excluding carboxylic acids is 2. The average Bonchev–Trinajstić information content (AvgIpc) is 2.82. The van der Waals surface area contributed by atoms with Crippen molar-refractivity contribution in [3.8, 4) is 0 Å².